The molecule has 4 heteroatoms. The molecule has 4 aliphatic carbocycles. The lowest BCUT2D eigenvalue weighted by molar-refractivity contribution is -0.161. The van der Waals surface area contributed by atoms with Crippen LogP contribution in [0, 0.1) is 34.5 Å². The average molecular weight is 439 g/mol. The average Bonchev–Trinajstić information content (AvgIpc) is 3.10. The van der Waals surface area contributed by atoms with Crippen molar-refractivity contribution in [1.82, 2.24) is 0 Å². The van der Waals surface area contributed by atoms with Crippen LogP contribution in [0.25, 0.3) is 0 Å². The maximum atomic E-state index is 12.8. The van der Waals surface area contributed by atoms with Gasteiger partial charge in [0, 0.05) is 12.3 Å². The lowest BCUT2D eigenvalue weighted by atomic mass is 9.45. The van der Waals surface area contributed by atoms with Crippen molar-refractivity contribution in [3.63, 3.8) is 0 Å². The van der Waals surface area contributed by atoms with E-state index in [1.165, 1.54) is 39.0 Å². The maximum Gasteiger partial charge on any atom is 0.338 e. The summed E-state index contributed by atoms with van der Waals surface area (Å²) in [5.74, 6) is 2.50. The Kier molecular flexibility index (Phi) is 5.62. The molecule has 0 radical (unpaired) electrons. The SMILES string of the molecule is CC(=O)O[C@@H]1CC[C@@]2(C)[C@H](CC[C@H]3[C@H]4CC[C@H](OC(=O)c5ccccc5)[C@]4(C)CC[C@@H]32)C1. The first-order chi connectivity index (χ1) is 15.3. The number of ether oxygens (including phenoxy) is 2. The molecule has 4 fully saturated rings. The van der Waals surface area contributed by atoms with Gasteiger partial charge < -0.3 is 9.47 Å². The number of rotatable bonds is 3. The second kappa shape index (κ2) is 8.18. The summed E-state index contributed by atoms with van der Waals surface area (Å²) in [7, 11) is 0. The maximum absolute atomic E-state index is 12.8. The van der Waals surface area contributed by atoms with Gasteiger partial charge in [-0.1, -0.05) is 32.0 Å². The molecule has 4 aliphatic rings. The van der Waals surface area contributed by atoms with Crippen LogP contribution in [-0.4, -0.2) is 24.1 Å². The predicted octanol–water partition coefficient (Wildman–Crippen LogP) is 6.19. The molecule has 0 unspecified atom stereocenters. The molecule has 0 N–H and O–H groups in total. The van der Waals surface area contributed by atoms with Gasteiger partial charge in [-0.2, -0.15) is 0 Å². The minimum atomic E-state index is -0.168. The summed E-state index contributed by atoms with van der Waals surface area (Å²) in [6.07, 6.45) is 10.5. The topological polar surface area (TPSA) is 52.6 Å². The molecule has 174 valence electrons. The number of hydrogen-bond donors (Lipinski definition) is 0. The second-order valence-electron chi connectivity index (χ2n) is 11.5. The second-order valence-corrected chi connectivity index (χ2v) is 11.5. The van der Waals surface area contributed by atoms with Crippen LogP contribution in [0.3, 0.4) is 0 Å². The Balaban J connectivity index is 1.30. The van der Waals surface area contributed by atoms with Gasteiger partial charge >= 0.3 is 11.9 Å². The molecular formula is C28H38O4. The summed E-state index contributed by atoms with van der Waals surface area (Å²) >= 11 is 0. The van der Waals surface area contributed by atoms with E-state index >= 15 is 0 Å². The van der Waals surface area contributed by atoms with E-state index in [4.69, 9.17) is 9.47 Å². The smallest absolute Gasteiger partial charge is 0.338 e. The first kappa shape index (κ1) is 22.0. The van der Waals surface area contributed by atoms with Crippen LogP contribution in [0.15, 0.2) is 30.3 Å². The first-order valence-corrected chi connectivity index (χ1v) is 12.7. The molecule has 0 amide bonds. The lowest BCUT2D eigenvalue weighted by Crippen LogP contribution is -2.54. The number of carbonyl (C=O) groups is 2. The Bertz CT molecular complexity index is 865. The molecule has 0 spiro atoms. The largest absolute Gasteiger partial charge is 0.463 e. The Morgan fingerprint density at radius 3 is 2.31 bits per heavy atom. The van der Waals surface area contributed by atoms with Crippen LogP contribution >= 0.6 is 0 Å². The van der Waals surface area contributed by atoms with Gasteiger partial charge in [0.15, 0.2) is 0 Å². The summed E-state index contributed by atoms with van der Waals surface area (Å²) in [5.41, 5.74) is 1.12. The standard InChI is InChI=1S/C28H38O4/c1-18(29)31-21-13-15-27(2)20(17-21)9-10-22-23-11-12-25(28(23,3)16-14-24(22)27)32-26(30)19-7-5-4-6-8-19/h4-8,20-25H,9-17H2,1-3H3/t20-,21-,22+,23-,24+,25+,27+,28-/m1/s1. The van der Waals surface area contributed by atoms with Crippen LogP contribution in [0.2, 0.25) is 0 Å². The van der Waals surface area contributed by atoms with E-state index in [0.717, 1.165) is 37.5 Å². The molecule has 4 nitrogen and oxygen atoms in total. The molecule has 0 heterocycles. The summed E-state index contributed by atoms with van der Waals surface area (Å²) in [4.78, 5) is 24.3. The number of esters is 2. The highest BCUT2D eigenvalue weighted by Crippen LogP contribution is 2.66. The summed E-state index contributed by atoms with van der Waals surface area (Å²) < 4.78 is 11.8. The summed E-state index contributed by atoms with van der Waals surface area (Å²) in [5, 5.41) is 0. The van der Waals surface area contributed by atoms with Gasteiger partial charge in [0.1, 0.15) is 12.2 Å². The summed E-state index contributed by atoms with van der Waals surface area (Å²) in [6.45, 7) is 6.46. The molecule has 1 aromatic rings. The fourth-order valence-corrected chi connectivity index (χ4v) is 8.48. The van der Waals surface area contributed by atoms with Crippen molar-refractivity contribution >= 4 is 11.9 Å². The van der Waals surface area contributed by atoms with Gasteiger partial charge in [-0.3, -0.25) is 4.79 Å². The molecule has 0 saturated heterocycles. The molecule has 4 saturated carbocycles. The van der Waals surface area contributed by atoms with Crippen molar-refractivity contribution in [3.05, 3.63) is 35.9 Å². The van der Waals surface area contributed by atoms with E-state index < -0.39 is 0 Å². The van der Waals surface area contributed by atoms with Crippen molar-refractivity contribution in [2.75, 3.05) is 0 Å². The predicted molar refractivity (Wildman–Crippen MR) is 123 cm³/mol. The third kappa shape index (κ3) is 3.58. The molecule has 8 atom stereocenters. The number of benzene rings is 1. The minimum Gasteiger partial charge on any atom is -0.463 e. The third-order valence-electron chi connectivity index (χ3n) is 10.1. The molecule has 0 bridgehead atoms. The zero-order valence-electron chi connectivity index (χ0n) is 19.8. The molecule has 5 rings (SSSR count). The Labute approximate surface area is 192 Å². The first-order valence-electron chi connectivity index (χ1n) is 12.7. The Morgan fingerprint density at radius 2 is 1.56 bits per heavy atom. The normalized spacial score (nSPS) is 42.8. The van der Waals surface area contributed by atoms with Crippen molar-refractivity contribution in [2.45, 2.75) is 90.8 Å². The van der Waals surface area contributed by atoms with Gasteiger partial charge in [0.25, 0.3) is 0 Å². The summed E-state index contributed by atoms with van der Waals surface area (Å²) in [6, 6.07) is 9.43. The van der Waals surface area contributed by atoms with E-state index in [1.807, 2.05) is 30.3 Å². The highest BCUT2D eigenvalue weighted by Gasteiger charge is 2.61. The van der Waals surface area contributed by atoms with Crippen molar-refractivity contribution in [3.8, 4) is 0 Å². The van der Waals surface area contributed by atoms with Crippen LogP contribution in [0.4, 0.5) is 0 Å². The lowest BCUT2D eigenvalue weighted by Gasteiger charge is -2.60. The number of fused-ring (bicyclic) bond motifs is 5. The number of carbonyl (C=O) groups excluding carboxylic acids is 2. The molecule has 0 aromatic heterocycles. The minimum absolute atomic E-state index is 0.0337. The highest BCUT2D eigenvalue weighted by atomic mass is 16.5. The van der Waals surface area contributed by atoms with Gasteiger partial charge in [-0.25, -0.2) is 4.79 Å². The van der Waals surface area contributed by atoms with Gasteiger partial charge in [0.05, 0.1) is 5.56 Å². The molecule has 32 heavy (non-hydrogen) atoms. The monoisotopic (exact) mass is 438 g/mol. The van der Waals surface area contributed by atoms with Crippen molar-refractivity contribution in [2.24, 2.45) is 34.5 Å². The quantitative estimate of drug-likeness (QED) is 0.528. The zero-order chi connectivity index (χ0) is 22.5. The zero-order valence-corrected chi connectivity index (χ0v) is 19.8. The van der Waals surface area contributed by atoms with Crippen molar-refractivity contribution < 1.29 is 19.1 Å². The molecule has 1 aromatic carbocycles. The van der Waals surface area contributed by atoms with Crippen LogP contribution < -0.4 is 0 Å². The third-order valence-corrected chi connectivity index (χ3v) is 10.1. The van der Waals surface area contributed by atoms with E-state index in [0.29, 0.717) is 22.8 Å². The van der Waals surface area contributed by atoms with Crippen LogP contribution in [0.5, 0.6) is 0 Å². The Hall–Kier alpha value is -1.84. The van der Waals surface area contributed by atoms with Crippen molar-refractivity contribution in [1.29, 1.82) is 0 Å². The number of hydrogen-bond acceptors (Lipinski definition) is 4. The fourth-order valence-electron chi connectivity index (χ4n) is 8.48. The highest BCUT2D eigenvalue weighted by molar-refractivity contribution is 5.89. The van der Waals surface area contributed by atoms with Gasteiger partial charge in [0.2, 0.25) is 0 Å². The molecular weight excluding hydrogens is 400 g/mol. The van der Waals surface area contributed by atoms with Crippen LogP contribution in [0.1, 0.15) is 88.9 Å². The Morgan fingerprint density at radius 1 is 0.844 bits per heavy atom. The molecule has 0 aliphatic heterocycles. The van der Waals surface area contributed by atoms with Gasteiger partial charge in [-0.15, -0.1) is 0 Å². The van der Waals surface area contributed by atoms with E-state index in [-0.39, 0.29) is 29.6 Å². The van der Waals surface area contributed by atoms with E-state index in [2.05, 4.69) is 13.8 Å². The van der Waals surface area contributed by atoms with E-state index in [9.17, 15) is 9.59 Å². The fraction of sp³-hybridized carbons (Fsp3) is 0.714. The van der Waals surface area contributed by atoms with Crippen LogP contribution in [-0.2, 0) is 14.3 Å². The van der Waals surface area contributed by atoms with Gasteiger partial charge in [-0.05, 0) is 99.0 Å². The van der Waals surface area contributed by atoms with E-state index in [1.54, 1.807) is 0 Å².